The van der Waals surface area contributed by atoms with Gasteiger partial charge in [0.1, 0.15) is 12.0 Å². The van der Waals surface area contributed by atoms with Crippen LogP contribution < -0.4 is 4.74 Å². The zero-order valence-corrected chi connectivity index (χ0v) is 12.9. The van der Waals surface area contributed by atoms with E-state index in [2.05, 4.69) is 11.9 Å². The quantitative estimate of drug-likeness (QED) is 0.784. The Morgan fingerprint density at radius 2 is 1.76 bits per heavy atom. The summed E-state index contributed by atoms with van der Waals surface area (Å²) < 4.78 is 5.69. The van der Waals surface area contributed by atoms with Gasteiger partial charge in [0, 0.05) is 31.7 Å². The third kappa shape index (κ3) is 3.82. The van der Waals surface area contributed by atoms with Crippen LogP contribution in [0, 0.1) is 13.8 Å². The Kier molecular flexibility index (Phi) is 4.96. The van der Waals surface area contributed by atoms with Gasteiger partial charge in [0.05, 0.1) is 0 Å². The van der Waals surface area contributed by atoms with Crippen LogP contribution in [0.25, 0.3) is 0 Å². The molecule has 0 N–H and O–H groups in total. The zero-order valence-electron chi connectivity index (χ0n) is 12.9. The highest BCUT2D eigenvalue weighted by Gasteiger charge is 2.19. The second-order valence-corrected chi connectivity index (χ2v) is 5.57. The van der Waals surface area contributed by atoms with Gasteiger partial charge in [-0.1, -0.05) is 0 Å². The van der Waals surface area contributed by atoms with E-state index in [0.29, 0.717) is 11.3 Å². The van der Waals surface area contributed by atoms with Crippen LogP contribution in [0.1, 0.15) is 21.5 Å². The maximum Gasteiger partial charge on any atom is 0.260 e. The monoisotopic (exact) mass is 290 g/mol. The number of nitrogens with zero attached hydrogens (tertiary/aromatic N) is 2. The molecule has 5 nitrogen and oxygen atoms in total. The molecular weight excluding hydrogens is 268 g/mol. The van der Waals surface area contributed by atoms with Gasteiger partial charge < -0.3 is 14.5 Å². The van der Waals surface area contributed by atoms with E-state index in [1.165, 1.54) is 0 Å². The van der Waals surface area contributed by atoms with E-state index < -0.39 is 0 Å². The van der Waals surface area contributed by atoms with Gasteiger partial charge in [-0.2, -0.15) is 0 Å². The summed E-state index contributed by atoms with van der Waals surface area (Å²) in [6.07, 6.45) is 0.819. The largest absolute Gasteiger partial charge is 0.483 e. The highest BCUT2D eigenvalue weighted by atomic mass is 16.5. The summed E-state index contributed by atoms with van der Waals surface area (Å²) in [6.45, 7) is 7.12. The molecule has 0 bridgehead atoms. The van der Waals surface area contributed by atoms with Crippen molar-refractivity contribution in [2.45, 2.75) is 13.8 Å². The van der Waals surface area contributed by atoms with Crippen molar-refractivity contribution in [1.29, 1.82) is 0 Å². The summed E-state index contributed by atoms with van der Waals surface area (Å²) in [5, 5.41) is 0. The first-order valence-electron chi connectivity index (χ1n) is 7.17. The molecular formula is C16H22N2O3. The number of ether oxygens (including phenoxy) is 1. The van der Waals surface area contributed by atoms with Crippen molar-refractivity contribution in [3.05, 3.63) is 28.8 Å². The number of rotatable bonds is 4. The van der Waals surface area contributed by atoms with E-state index in [-0.39, 0.29) is 12.5 Å². The van der Waals surface area contributed by atoms with Crippen molar-refractivity contribution < 1.29 is 14.3 Å². The number of hydrogen-bond acceptors (Lipinski definition) is 4. The molecule has 0 aliphatic carbocycles. The molecule has 1 aliphatic heterocycles. The lowest BCUT2D eigenvalue weighted by Gasteiger charge is -2.32. The SMILES string of the molecule is Cc1cc(C=O)cc(C)c1OCC(=O)N1CCN(C)CC1. The number of likely N-dealkylation sites (N-methyl/N-ethyl adjacent to an activating group) is 1. The van der Waals surface area contributed by atoms with Crippen molar-refractivity contribution in [2.24, 2.45) is 0 Å². The van der Waals surface area contributed by atoms with E-state index in [9.17, 15) is 9.59 Å². The molecule has 1 aromatic rings. The molecule has 21 heavy (non-hydrogen) atoms. The Hall–Kier alpha value is -1.88. The fourth-order valence-electron chi connectivity index (χ4n) is 2.56. The second-order valence-electron chi connectivity index (χ2n) is 5.57. The number of carbonyl (C=O) groups is 2. The van der Waals surface area contributed by atoms with E-state index in [4.69, 9.17) is 4.74 Å². The molecule has 114 valence electrons. The minimum absolute atomic E-state index is 0.0152. The number of benzene rings is 1. The molecule has 1 fully saturated rings. The summed E-state index contributed by atoms with van der Waals surface area (Å²) in [5.41, 5.74) is 2.38. The molecule has 0 unspecified atom stereocenters. The lowest BCUT2D eigenvalue weighted by atomic mass is 10.1. The molecule has 0 saturated carbocycles. The molecule has 1 heterocycles. The molecule has 1 amide bonds. The van der Waals surface area contributed by atoms with Crippen molar-refractivity contribution in [1.82, 2.24) is 9.80 Å². The Bertz CT molecular complexity index is 511. The number of carbonyl (C=O) groups excluding carboxylic acids is 2. The van der Waals surface area contributed by atoms with Gasteiger partial charge in [-0.15, -0.1) is 0 Å². The molecule has 1 saturated heterocycles. The summed E-state index contributed by atoms with van der Waals surface area (Å²) in [4.78, 5) is 27.0. The fraction of sp³-hybridized carbons (Fsp3) is 0.500. The van der Waals surface area contributed by atoms with E-state index >= 15 is 0 Å². The third-order valence-corrected chi connectivity index (χ3v) is 3.81. The molecule has 2 rings (SSSR count). The van der Waals surface area contributed by atoms with Crippen molar-refractivity contribution in [3.63, 3.8) is 0 Å². The Morgan fingerprint density at radius 3 is 2.29 bits per heavy atom. The van der Waals surface area contributed by atoms with Crippen LogP contribution in [0.5, 0.6) is 5.75 Å². The van der Waals surface area contributed by atoms with E-state index in [0.717, 1.165) is 43.6 Å². The summed E-state index contributed by atoms with van der Waals surface area (Å²) >= 11 is 0. The third-order valence-electron chi connectivity index (χ3n) is 3.81. The van der Waals surface area contributed by atoms with Crippen LogP contribution in [0.2, 0.25) is 0 Å². The highest BCUT2D eigenvalue weighted by molar-refractivity contribution is 5.78. The van der Waals surface area contributed by atoms with Crippen molar-refractivity contribution >= 4 is 12.2 Å². The van der Waals surface area contributed by atoms with Gasteiger partial charge in [0.15, 0.2) is 6.61 Å². The number of amides is 1. The Balaban J connectivity index is 1.97. The van der Waals surface area contributed by atoms with Gasteiger partial charge in [0.25, 0.3) is 5.91 Å². The lowest BCUT2D eigenvalue weighted by molar-refractivity contribution is -0.134. The van der Waals surface area contributed by atoms with Gasteiger partial charge in [-0.3, -0.25) is 9.59 Å². The molecule has 1 aliphatic rings. The summed E-state index contributed by atoms with van der Waals surface area (Å²) in [5.74, 6) is 0.712. The Labute approximate surface area is 125 Å². The normalized spacial score (nSPS) is 15.9. The molecule has 1 aromatic carbocycles. The number of aryl methyl sites for hydroxylation is 2. The highest BCUT2D eigenvalue weighted by Crippen LogP contribution is 2.24. The number of aldehydes is 1. The van der Waals surface area contributed by atoms with E-state index in [1.54, 1.807) is 12.1 Å². The van der Waals surface area contributed by atoms with Crippen LogP contribution in [0.15, 0.2) is 12.1 Å². The second kappa shape index (κ2) is 6.72. The molecule has 0 atom stereocenters. The van der Waals surface area contributed by atoms with E-state index in [1.807, 2.05) is 18.7 Å². The standard InChI is InChI=1S/C16H22N2O3/c1-12-8-14(10-19)9-13(2)16(12)21-11-15(20)18-6-4-17(3)5-7-18/h8-10H,4-7,11H2,1-3H3. The van der Waals surface area contributed by atoms with Crippen LogP contribution in [0.3, 0.4) is 0 Å². The van der Waals surface area contributed by atoms with Crippen LogP contribution in [0.4, 0.5) is 0 Å². The summed E-state index contributed by atoms with van der Waals surface area (Å²) in [7, 11) is 2.06. The van der Waals surface area contributed by atoms with Crippen LogP contribution in [-0.2, 0) is 4.79 Å². The number of hydrogen-bond donors (Lipinski definition) is 0. The smallest absolute Gasteiger partial charge is 0.260 e. The predicted octanol–water partition coefficient (Wildman–Crippen LogP) is 1.27. The van der Waals surface area contributed by atoms with Gasteiger partial charge in [-0.05, 0) is 44.2 Å². The average Bonchev–Trinajstić information content (AvgIpc) is 2.46. The molecule has 0 spiro atoms. The van der Waals surface area contributed by atoms with Gasteiger partial charge in [0.2, 0.25) is 0 Å². The van der Waals surface area contributed by atoms with Gasteiger partial charge in [-0.25, -0.2) is 0 Å². The maximum absolute atomic E-state index is 12.2. The fourth-order valence-corrected chi connectivity index (χ4v) is 2.56. The molecule has 0 radical (unpaired) electrons. The first kappa shape index (κ1) is 15.5. The Morgan fingerprint density at radius 1 is 1.19 bits per heavy atom. The summed E-state index contributed by atoms with van der Waals surface area (Å²) in [6, 6.07) is 3.55. The van der Waals surface area contributed by atoms with Crippen LogP contribution in [-0.4, -0.2) is 61.8 Å². The zero-order chi connectivity index (χ0) is 15.4. The average molecular weight is 290 g/mol. The van der Waals surface area contributed by atoms with Gasteiger partial charge >= 0.3 is 0 Å². The first-order chi connectivity index (χ1) is 10.0. The lowest BCUT2D eigenvalue weighted by Crippen LogP contribution is -2.48. The maximum atomic E-state index is 12.2. The minimum atomic E-state index is 0.0152. The first-order valence-corrected chi connectivity index (χ1v) is 7.17. The van der Waals surface area contributed by atoms with Crippen LogP contribution >= 0.6 is 0 Å². The van der Waals surface area contributed by atoms with Crippen molar-refractivity contribution in [2.75, 3.05) is 39.8 Å². The van der Waals surface area contributed by atoms with Crippen molar-refractivity contribution in [3.8, 4) is 5.75 Å². The molecule has 5 heteroatoms. The predicted molar refractivity (Wildman–Crippen MR) is 80.9 cm³/mol. The number of piperazine rings is 1. The topological polar surface area (TPSA) is 49.9 Å². The minimum Gasteiger partial charge on any atom is -0.483 e. The molecule has 0 aromatic heterocycles.